The fraction of sp³-hybridized carbons (Fsp3) is 0.300. The molecule has 0 aliphatic carbocycles. The van der Waals surface area contributed by atoms with Crippen LogP contribution >= 0.6 is 68.7 Å². The second kappa shape index (κ2) is 11.7. The number of nitrogens with zero attached hydrogens (tertiary/aromatic N) is 1. The second-order valence-corrected chi connectivity index (χ2v) is 11.0. The lowest BCUT2D eigenvalue weighted by atomic mass is 10.2. The van der Waals surface area contributed by atoms with Crippen molar-refractivity contribution in [3.05, 3.63) is 54.7 Å². The highest BCUT2D eigenvalue weighted by atomic mass is 127. The third kappa shape index (κ3) is 6.93. The lowest BCUT2D eigenvalue weighted by Gasteiger charge is -2.10. The molecule has 1 aliphatic rings. The molecule has 0 atom stereocenters. The quantitative estimate of drug-likeness (QED) is 0.238. The lowest BCUT2D eigenvalue weighted by molar-refractivity contribution is -0.123. The van der Waals surface area contributed by atoms with E-state index in [9.17, 15) is 4.79 Å². The minimum absolute atomic E-state index is 0.0814. The Hall–Kier alpha value is -0.660. The number of benzene rings is 2. The number of halogens is 2. The van der Waals surface area contributed by atoms with E-state index in [1.807, 2.05) is 54.7 Å². The van der Waals surface area contributed by atoms with E-state index < -0.39 is 0 Å². The molecule has 2 aromatic rings. The third-order valence-corrected chi connectivity index (χ3v) is 8.56. The van der Waals surface area contributed by atoms with Crippen molar-refractivity contribution in [1.82, 2.24) is 5.43 Å². The number of hydrazone groups is 1. The number of rotatable bonds is 8. The zero-order valence-electron chi connectivity index (χ0n) is 15.7. The highest BCUT2D eigenvalue weighted by Crippen LogP contribution is 2.45. The number of amides is 1. The molecule has 154 valence electrons. The van der Waals surface area contributed by atoms with E-state index in [2.05, 4.69) is 67.8 Å². The fourth-order valence-electron chi connectivity index (χ4n) is 2.57. The summed E-state index contributed by atoms with van der Waals surface area (Å²) in [6.07, 6.45) is 1.61. The first kappa shape index (κ1) is 23.0. The molecule has 0 spiro atoms. The minimum atomic E-state index is -0.303. The molecule has 0 saturated carbocycles. The maximum Gasteiger partial charge on any atom is 0.277 e. The van der Waals surface area contributed by atoms with E-state index in [0.717, 1.165) is 18.5 Å². The molecule has 9 heteroatoms. The second-order valence-electron chi connectivity index (χ2n) is 5.97. The van der Waals surface area contributed by atoms with Gasteiger partial charge < -0.3 is 9.47 Å². The van der Waals surface area contributed by atoms with Gasteiger partial charge in [-0.2, -0.15) is 5.10 Å². The van der Waals surface area contributed by atoms with Crippen molar-refractivity contribution >= 4 is 80.8 Å². The molecule has 5 nitrogen and oxygen atoms in total. The van der Waals surface area contributed by atoms with Gasteiger partial charge in [0.2, 0.25) is 0 Å². The molecule has 0 radical (unpaired) electrons. The van der Waals surface area contributed by atoms with Gasteiger partial charge in [-0.1, -0.05) is 12.1 Å². The molecule has 3 rings (SSSR count). The van der Waals surface area contributed by atoms with Gasteiger partial charge in [-0.05, 0) is 87.5 Å². The van der Waals surface area contributed by atoms with Gasteiger partial charge in [0.05, 0.1) is 24.5 Å². The Morgan fingerprint density at radius 3 is 2.45 bits per heavy atom. The zero-order chi connectivity index (χ0) is 20.6. The largest absolute Gasteiger partial charge is 0.492 e. The van der Waals surface area contributed by atoms with Gasteiger partial charge in [0, 0.05) is 11.5 Å². The lowest BCUT2D eigenvalue weighted by Crippen LogP contribution is -2.24. The Balaban J connectivity index is 1.47. The molecule has 0 aromatic heterocycles. The summed E-state index contributed by atoms with van der Waals surface area (Å²) < 4.78 is 13.7. The van der Waals surface area contributed by atoms with Crippen LogP contribution in [0.4, 0.5) is 0 Å². The summed E-state index contributed by atoms with van der Waals surface area (Å²) in [5, 5.41) is 4.02. The molecule has 1 saturated heterocycles. The molecule has 0 unspecified atom stereocenters. The normalized spacial score (nSPS) is 14.3. The molecule has 1 aliphatic heterocycles. The van der Waals surface area contributed by atoms with Gasteiger partial charge >= 0.3 is 0 Å². The van der Waals surface area contributed by atoms with Crippen LogP contribution in [0.1, 0.15) is 22.6 Å². The highest BCUT2D eigenvalue weighted by Gasteiger charge is 2.18. The van der Waals surface area contributed by atoms with Crippen LogP contribution in [0.5, 0.6) is 11.5 Å². The first-order valence-corrected chi connectivity index (χ1v) is 13.2. The Kier molecular flexibility index (Phi) is 9.25. The maximum atomic E-state index is 12.0. The fourth-order valence-corrected chi connectivity index (χ4v) is 7.56. The zero-order valence-corrected chi connectivity index (χ0v) is 21.6. The van der Waals surface area contributed by atoms with E-state index in [0.29, 0.717) is 16.9 Å². The molecule has 1 amide bonds. The maximum absolute atomic E-state index is 12.0. The van der Waals surface area contributed by atoms with Crippen LogP contribution < -0.4 is 14.9 Å². The Bertz CT molecular complexity index is 850. The predicted molar refractivity (Wildman–Crippen MR) is 138 cm³/mol. The number of ether oxygens (including phenoxy) is 2. The molecule has 29 heavy (non-hydrogen) atoms. The topological polar surface area (TPSA) is 59.9 Å². The number of hydrogen-bond donors (Lipinski definition) is 1. The number of hydrogen-bond acceptors (Lipinski definition) is 6. The summed E-state index contributed by atoms with van der Waals surface area (Å²) >= 11 is 8.40. The SMILES string of the molecule is CCOc1c(I)cc(/C=N\NC(=O)COc2ccc(C3SCCS3)cc2)cc1I. The summed E-state index contributed by atoms with van der Waals surface area (Å²) in [4.78, 5) is 12.0. The molecule has 1 N–H and O–H groups in total. The first-order chi connectivity index (χ1) is 14.1. The number of carbonyl (C=O) groups excluding carboxylic acids is 1. The summed E-state index contributed by atoms with van der Waals surface area (Å²) in [7, 11) is 0. The first-order valence-electron chi connectivity index (χ1n) is 8.96. The molecule has 1 heterocycles. The van der Waals surface area contributed by atoms with Crippen LogP contribution in [0.3, 0.4) is 0 Å². The van der Waals surface area contributed by atoms with E-state index in [1.54, 1.807) is 6.21 Å². The van der Waals surface area contributed by atoms with Crippen molar-refractivity contribution < 1.29 is 14.3 Å². The van der Waals surface area contributed by atoms with E-state index in [4.69, 9.17) is 9.47 Å². The third-order valence-electron chi connectivity index (χ3n) is 3.86. The van der Waals surface area contributed by atoms with Gasteiger partial charge in [-0.25, -0.2) is 5.43 Å². The van der Waals surface area contributed by atoms with Gasteiger partial charge in [-0.3, -0.25) is 4.79 Å². The summed E-state index contributed by atoms with van der Waals surface area (Å²) in [6, 6.07) is 11.9. The van der Waals surface area contributed by atoms with Crippen molar-refractivity contribution in [3.63, 3.8) is 0 Å². The molecular formula is C20H20I2N2O3S2. The van der Waals surface area contributed by atoms with Crippen LogP contribution in [0.15, 0.2) is 41.5 Å². The smallest absolute Gasteiger partial charge is 0.277 e. The van der Waals surface area contributed by atoms with Crippen molar-refractivity contribution in [1.29, 1.82) is 0 Å². The minimum Gasteiger partial charge on any atom is -0.492 e. The van der Waals surface area contributed by atoms with Crippen LogP contribution in [0.25, 0.3) is 0 Å². The van der Waals surface area contributed by atoms with Gasteiger partial charge in [0.25, 0.3) is 5.91 Å². The monoisotopic (exact) mass is 654 g/mol. The predicted octanol–water partition coefficient (Wildman–Crippen LogP) is 5.30. The molecule has 0 bridgehead atoms. The van der Waals surface area contributed by atoms with E-state index >= 15 is 0 Å². The van der Waals surface area contributed by atoms with Crippen LogP contribution in [-0.4, -0.2) is 36.8 Å². The highest BCUT2D eigenvalue weighted by molar-refractivity contribution is 14.1. The Labute approximate surface area is 206 Å². The van der Waals surface area contributed by atoms with Crippen molar-refractivity contribution in [2.24, 2.45) is 5.10 Å². The van der Waals surface area contributed by atoms with Gasteiger partial charge in [0.15, 0.2) is 6.61 Å². The summed E-state index contributed by atoms with van der Waals surface area (Å²) in [5.41, 5.74) is 4.68. The van der Waals surface area contributed by atoms with Gasteiger partial charge in [-0.15, -0.1) is 23.5 Å². The Morgan fingerprint density at radius 1 is 1.17 bits per heavy atom. The summed E-state index contributed by atoms with van der Waals surface area (Å²) in [5.74, 6) is 3.64. The van der Waals surface area contributed by atoms with Crippen LogP contribution in [-0.2, 0) is 4.79 Å². The Morgan fingerprint density at radius 2 is 1.83 bits per heavy atom. The summed E-state index contributed by atoms with van der Waals surface area (Å²) in [6.45, 7) is 2.50. The number of thioether (sulfide) groups is 2. The van der Waals surface area contributed by atoms with E-state index in [-0.39, 0.29) is 12.5 Å². The standard InChI is InChI=1S/C20H20I2N2O3S2/c1-2-26-19-16(21)9-13(10-17(19)22)11-23-24-18(25)12-27-15-5-3-14(4-6-15)20-28-7-8-29-20/h3-6,9-11,20H,2,7-8,12H2,1H3,(H,24,25)/b23-11-. The van der Waals surface area contributed by atoms with E-state index in [1.165, 1.54) is 17.1 Å². The average Bonchev–Trinajstić information content (AvgIpc) is 3.24. The molecule has 1 fully saturated rings. The van der Waals surface area contributed by atoms with Crippen LogP contribution in [0, 0.1) is 7.14 Å². The van der Waals surface area contributed by atoms with Crippen molar-refractivity contribution in [2.75, 3.05) is 24.7 Å². The molecule has 2 aromatic carbocycles. The van der Waals surface area contributed by atoms with Crippen LogP contribution in [0.2, 0.25) is 0 Å². The average molecular weight is 654 g/mol. The van der Waals surface area contributed by atoms with Crippen molar-refractivity contribution in [3.8, 4) is 11.5 Å². The number of nitrogens with one attached hydrogen (secondary N) is 1. The van der Waals surface area contributed by atoms with Crippen molar-refractivity contribution in [2.45, 2.75) is 11.5 Å². The number of carbonyl (C=O) groups is 1. The van der Waals surface area contributed by atoms with Gasteiger partial charge in [0.1, 0.15) is 11.5 Å². The molecular weight excluding hydrogens is 634 g/mol.